The zero-order valence-corrected chi connectivity index (χ0v) is 22.6. The molecule has 0 bridgehead atoms. The molecule has 4 fully saturated rings. The summed E-state index contributed by atoms with van der Waals surface area (Å²) in [5.74, 6) is -2.06. The lowest BCUT2D eigenvalue weighted by Gasteiger charge is -2.35. The van der Waals surface area contributed by atoms with Gasteiger partial charge >= 0.3 is 0 Å². The van der Waals surface area contributed by atoms with E-state index in [0.29, 0.717) is 25.2 Å². The second kappa shape index (κ2) is 9.68. The minimum Gasteiger partial charge on any atom is -0.344 e. The SMILES string of the molecule is C=C[C@H]1C[C@]1(NC(=O)[C@@H]1C[C@@H](N)CN1C(=O)[C@@H](NC(=O)CC1CC1)C(C)(C)C)C(=O)NS(=O)(=O)C1CC1. The van der Waals surface area contributed by atoms with Gasteiger partial charge in [0, 0.05) is 24.9 Å². The number of rotatable bonds is 10. The molecule has 4 amide bonds. The van der Waals surface area contributed by atoms with Gasteiger partial charge in [-0.3, -0.25) is 23.9 Å². The van der Waals surface area contributed by atoms with E-state index < -0.39 is 68.0 Å². The molecule has 12 heteroatoms. The van der Waals surface area contributed by atoms with Crippen LogP contribution in [0.25, 0.3) is 0 Å². The van der Waals surface area contributed by atoms with Crippen molar-refractivity contribution in [1.29, 1.82) is 0 Å². The molecule has 4 rings (SSSR count). The molecule has 1 saturated heterocycles. The largest absolute Gasteiger partial charge is 0.344 e. The van der Waals surface area contributed by atoms with Gasteiger partial charge in [0.05, 0.1) is 5.25 Å². The zero-order chi connectivity index (χ0) is 27.3. The zero-order valence-electron chi connectivity index (χ0n) is 21.8. The maximum absolute atomic E-state index is 13.7. The van der Waals surface area contributed by atoms with Crippen LogP contribution in [0.15, 0.2) is 12.7 Å². The first-order valence-corrected chi connectivity index (χ1v) is 14.6. The summed E-state index contributed by atoms with van der Waals surface area (Å²) in [6.07, 6.45) is 5.28. The summed E-state index contributed by atoms with van der Waals surface area (Å²) < 4.78 is 26.8. The Kier molecular flexibility index (Phi) is 7.21. The smallest absolute Gasteiger partial charge is 0.259 e. The van der Waals surface area contributed by atoms with Gasteiger partial charge in [-0.05, 0) is 49.9 Å². The highest BCUT2D eigenvalue weighted by atomic mass is 32.2. The standard InChI is InChI=1S/C25H39N5O6S/c1-5-15-12-25(15,23(34)29-37(35,36)17-8-9-17)28-21(32)18-11-16(26)13-30(18)22(33)20(24(2,3)4)27-19(31)10-14-6-7-14/h5,14-18,20H,1,6-13,26H2,2-4H3,(H,27,31)(H,28,32)(H,29,34)/t15-,16+,18-,20+,25+/m0/s1. The first-order valence-electron chi connectivity index (χ1n) is 13.0. The van der Waals surface area contributed by atoms with Gasteiger partial charge in [0.2, 0.25) is 27.7 Å². The maximum atomic E-state index is 13.7. The van der Waals surface area contributed by atoms with Crippen molar-refractivity contribution in [2.75, 3.05) is 6.54 Å². The minimum atomic E-state index is -3.80. The molecule has 0 radical (unpaired) electrons. The molecule has 0 unspecified atom stereocenters. The first-order chi connectivity index (χ1) is 17.2. The molecule has 3 saturated carbocycles. The molecule has 11 nitrogen and oxygen atoms in total. The van der Waals surface area contributed by atoms with E-state index in [9.17, 15) is 27.6 Å². The number of hydrogen-bond donors (Lipinski definition) is 4. The molecular formula is C25H39N5O6S. The highest BCUT2D eigenvalue weighted by Crippen LogP contribution is 2.45. The van der Waals surface area contributed by atoms with E-state index in [0.717, 1.165) is 12.8 Å². The summed E-state index contributed by atoms with van der Waals surface area (Å²) in [6, 6.07) is -2.28. The molecule has 0 spiro atoms. The monoisotopic (exact) mass is 537 g/mol. The van der Waals surface area contributed by atoms with Crippen molar-refractivity contribution in [2.45, 2.75) is 94.6 Å². The number of sulfonamides is 1. The third-order valence-corrected chi connectivity index (χ3v) is 9.58. The van der Waals surface area contributed by atoms with Crippen molar-refractivity contribution in [1.82, 2.24) is 20.3 Å². The number of nitrogens with one attached hydrogen (secondary N) is 3. The van der Waals surface area contributed by atoms with E-state index in [2.05, 4.69) is 21.9 Å². The molecule has 206 valence electrons. The number of carbonyl (C=O) groups excluding carboxylic acids is 4. The summed E-state index contributed by atoms with van der Waals surface area (Å²) in [5, 5.41) is 5.01. The van der Waals surface area contributed by atoms with Gasteiger partial charge in [0.15, 0.2) is 0 Å². The van der Waals surface area contributed by atoms with Crippen molar-refractivity contribution in [3.63, 3.8) is 0 Å². The van der Waals surface area contributed by atoms with E-state index in [-0.39, 0.29) is 25.3 Å². The van der Waals surface area contributed by atoms with Crippen LogP contribution in [0, 0.1) is 17.3 Å². The highest BCUT2D eigenvalue weighted by Gasteiger charge is 2.62. The normalized spacial score (nSPS) is 30.3. The second-order valence-corrected chi connectivity index (χ2v) is 14.2. The van der Waals surface area contributed by atoms with Crippen LogP contribution in [0.4, 0.5) is 0 Å². The van der Waals surface area contributed by atoms with Gasteiger partial charge < -0.3 is 21.3 Å². The summed E-state index contributed by atoms with van der Waals surface area (Å²) in [6.45, 7) is 9.36. The van der Waals surface area contributed by atoms with Crippen LogP contribution in [0.3, 0.4) is 0 Å². The van der Waals surface area contributed by atoms with Gasteiger partial charge in [-0.15, -0.1) is 6.58 Å². The third-order valence-electron chi connectivity index (χ3n) is 7.76. The number of carbonyl (C=O) groups is 4. The minimum absolute atomic E-state index is 0.127. The molecule has 1 heterocycles. The molecule has 5 N–H and O–H groups in total. The second-order valence-electron chi connectivity index (χ2n) is 12.2. The van der Waals surface area contributed by atoms with Crippen LogP contribution in [0.5, 0.6) is 0 Å². The Labute approximate surface area is 218 Å². The van der Waals surface area contributed by atoms with Crippen molar-refractivity contribution < 1.29 is 27.6 Å². The average Bonchev–Trinajstić information content (AvgIpc) is 3.66. The number of nitrogens with two attached hydrogens (primary N) is 1. The van der Waals surface area contributed by atoms with Gasteiger partial charge in [-0.1, -0.05) is 26.8 Å². The Morgan fingerprint density at radius 1 is 1.16 bits per heavy atom. The van der Waals surface area contributed by atoms with Crippen LogP contribution in [0.2, 0.25) is 0 Å². The summed E-state index contributed by atoms with van der Waals surface area (Å²) in [4.78, 5) is 54.1. The Morgan fingerprint density at radius 2 is 1.81 bits per heavy atom. The molecule has 5 atom stereocenters. The quantitative estimate of drug-likeness (QED) is 0.283. The lowest BCUT2D eigenvalue weighted by Crippen LogP contribution is -2.60. The number of hydrogen-bond acceptors (Lipinski definition) is 7. The molecule has 4 aliphatic rings. The van der Waals surface area contributed by atoms with Gasteiger partial charge in [-0.25, -0.2) is 8.42 Å². The lowest BCUT2D eigenvalue weighted by atomic mass is 9.85. The number of amides is 4. The van der Waals surface area contributed by atoms with Crippen molar-refractivity contribution >= 4 is 33.7 Å². The Morgan fingerprint density at radius 3 is 2.32 bits per heavy atom. The molecule has 0 aromatic heterocycles. The van der Waals surface area contributed by atoms with Crippen molar-refractivity contribution in [3.05, 3.63) is 12.7 Å². The summed E-state index contributed by atoms with van der Waals surface area (Å²) in [7, 11) is -3.80. The molecule has 1 aliphatic heterocycles. The van der Waals surface area contributed by atoms with Gasteiger partial charge in [0.1, 0.15) is 17.6 Å². The number of nitrogens with zero attached hydrogens (tertiary/aromatic N) is 1. The van der Waals surface area contributed by atoms with E-state index in [1.807, 2.05) is 20.8 Å². The fourth-order valence-electron chi connectivity index (χ4n) is 5.00. The molecule has 3 aliphatic carbocycles. The Balaban J connectivity index is 1.49. The molecular weight excluding hydrogens is 498 g/mol. The number of likely N-dealkylation sites (tertiary alicyclic amines) is 1. The molecule has 0 aromatic rings. The van der Waals surface area contributed by atoms with Crippen LogP contribution in [-0.4, -0.2) is 72.4 Å². The average molecular weight is 538 g/mol. The van der Waals surface area contributed by atoms with Crippen LogP contribution in [-0.2, 0) is 29.2 Å². The predicted octanol–water partition coefficient (Wildman–Crippen LogP) is -0.0851. The van der Waals surface area contributed by atoms with Crippen molar-refractivity contribution in [3.8, 4) is 0 Å². The predicted molar refractivity (Wildman–Crippen MR) is 136 cm³/mol. The summed E-state index contributed by atoms with van der Waals surface area (Å²) in [5.41, 5.74) is 4.10. The third kappa shape index (κ3) is 6.00. The van der Waals surface area contributed by atoms with Crippen molar-refractivity contribution in [2.24, 2.45) is 23.0 Å². The van der Waals surface area contributed by atoms with E-state index >= 15 is 0 Å². The van der Waals surface area contributed by atoms with Gasteiger partial charge in [-0.2, -0.15) is 0 Å². The van der Waals surface area contributed by atoms with Crippen LogP contribution < -0.4 is 21.1 Å². The van der Waals surface area contributed by atoms with E-state index in [4.69, 9.17) is 5.73 Å². The first kappa shape index (κ1) is 27.6. The highest BCUT2D eigenvalue weighted by molar-refractivity contribution is 7.91. The molecule has 37 heavy (non-hydrogen) atoms. The van der Waals surface area contributed by atoms with Crippen LogP contribution >= 0.6 is 0 Å². The van der Waals surface area contributed by atoms with Crippen LogP contribution in [0.1, 0.15) is 65.7 Å². The van der Waals surface area contributed by atoms with E-state index in [1.54, 1.807) is 0 Å². The summed E-state index contributed by atoms with van der Waals surface area (Å²) >= 11 is 0. The fraction of sp³-hybridized carbons (Fsp3) is 0.760. The lowest BCUT2D eigenvalue weighted by molar-refractivity contribution is -0.144. The Hall–Kier alpha value is -2.47. The maximum Gasteiger partial charge on any atom is 0.259 e. The topological polar surface area (TPSA) is 168 Å². The Bertz CT molecular complexity index is 1090. The van der Waals surface area contributed by atoms with Gasteiger partial charge in [0.25, 0.3) is 5.91 Å². The molecule has 0 aromatic carbocycles. The van der Waals surface area contributed by atoms with E-state index in [1.165, 1.54) is 11.0 Å². The fourth-order valence-corrected chi connectivity index (χ4v) is 6.36.